The molecule has 0 aliphatic heterocycles. The zero-order valence-corrected chi connectivity index (χ0v) is 11.5. The van der Waals surface area contributed by atoms with E-state index >= 15 is 0 Å². The number of carbonyl (C=O) groups is 1. The summed E-state index contributed by atoms with van der Waals surface area (Å²) in [5.41, 5.74) is 2.13. The Kier molecular flexibility index (Phi) is 5.01. The third kappa shape index (κ3) is 4.78. The van der Waals surface area contributed by atoms with Gasteiger partial charge >= 0.3 is 0 Å². The highest BCUT2D eigenvalue weighted by Crippen LogP contribution is 2.10. The van der Waals surface area contributed by atoms with Gasteiger partial charge in [0.1, 0.15) is 0 Å². The van der Waals surface area contributed by atoms with Crippen molar-refractivity contribution in [3.05, 3.63) is 35.4 Å². The second-order valence-electron chi connectivity index (χ2n) is 4.99. The number of benzene rings is 1. The average molecular weight is 254 g/mol. The SMILES string of the molecule is Cc1ccccc1CCC(=O)NC(C)(C)CCl. The number of alkyl halides is 1. The molecule has 0 fully saturated rings. The molecule has 0 aliphatic rings. The van der Waals surface area contributed by atoms with Crippen molar-refractivity contribution in [2.45, 2.75) is 39.2 Å². The summed E-state index contributed by atoms with van der Waals surface area (Å²) < 4.78 is 0. The second kappa shape index (κ2) is 6.06. The van der Waals surface area contributed by atoms with Crippen molar-refractivity contribution in [1.29, 1.82) is 0 Å². The van der Waals surface area contributed by atoms with E-state index < -0.39 is 0 Å². The first-order valence-corrected chi connectivity index (χ1v) is 6.39. The molecule has 0 aromatic heterocycles. The predicted molar refractivity (Wildman–Crippen MR) is 72.4 cm³/mol. The molecular weight excluding hydrogens is 234 g/mol. The van der Waals surface area contributed by atoms with Crippen LogP contribution >= 0.6 is 11.6 Å². The molecule has 0 atom stereocenters. The minimum atomic E-state index is -0.329. The molecule has 2 nitrogen and oxygen atoms in total. The third-order valence-corrected chi connectivity index (χ3v) is 3.36. The summed E-state index contributed by atoms with van der Waals surface area (Å²) in [5.74, 6) is 0.474. The largest absolute Gasteiger partial charge is 0.350 e. The van der Waals surface area contributed by atoms with Crippen molar-refractivity contribution in [2.75, 3.05) is 5.88 Å². The first kappa shape index (κ1) is 14.0. The number of carbonyl (C=O) groups excluding carboxylic acids is 1. The summed E-state index contributed by atoms with van der Waals surface area (Å²) in [6.45, 7) is 5.91. The maximum Gasteiger partial charge on any atom is 0.220 e. The first-order valence-electron chi connectivity index (χ1n) is 5.86. The van der Waals surface area contributed by atoms with Crippen LogP contribution in [-0.4, -0.2) is 17.3 Å². The molecule has 1 rings (SSSR count). The summed E-state index contributed by atoms with van der Waals surface area (Å²) >= 11 is 5.76. The number of halogens is 1. The van der Waals surface area contributed by atoms with Crippen molar-refractivity contribution in [2.24, 2.45) is 0 Å². The molecule has 1 aromatic rings. The van der Waals surface area contributed by atoms with E-state index in [1.54, 1.807) is 0 Å². The summed E-state index contributed by atoms with van der Waals surface area (Å²) in [5, 5.41) is 2.92. The monoisotopic (exact) mass is 253 g/mol. The van der Waals surface area contributed by atoms with Crippen molar-refractivity contribution < 1.29 is 4.79 Å². The summed E-state index contributed by atoms with van der Waals surface area (Å²) in [4.78, 5) is 11.7. The number of rotatable bonds is 5. The highest BCUT2D eigenvalue weighted by Gasteiger charge is 2.18. The average Bonchev–Trinajstić information content (AvgIpc) is 2.27. The lowest BCUT2D eigenvalue weighted by molar-refractivity contribution is -0.122. The van der Waals surface area contributed by atoms with Crippen LogP contribution in [0.1, 0.15) is 31.4 Å². The van der Waals surface area contributed by atoms with Gasteiger partial charge in [0.25, 0.3) is 0 Å². The Morgan fingerprint density at radius 1 is 1.35 bits per heavy atom. The van der Waals surface area contributed by atoms with E-state index in [2.05, 4.69) is 24.4 Å². The van der Waals surface area contributed by atoms with Crippen LogP contribution in [0.2, 0.25) is 0 Å². The van der Waals surface area contributed by atoms with Crippen molar-refractivity contribution in [3.8, 4) is 0 Å². The fourth-order valence-corrected chi connectivity index (χ4v) is 1.68. The smallest absolute Gasteiger partial charge is 0.220 e. The van der Waals surface area contributed by atoms with Gasteiger partial charge in [-0.3, -0.25) is 4.79 Å². The molecule has 0 aliphatic carbocycles. The Hall–Kier alpha value is -1.02. The third-order valence-electron chi connectivity index (χ3n) is 2.69. The van der Waals surface area contributed by atoms with E-state index in [0.29, 0.717) is 12.3 Å². The molecule has 0 spiro atoms. The molecule has 94 valence electrons. The standard InChI is InChI=1S/C14H20ClNO/c1-11-6-4-5-7-12(11)8-9-13(17)16-14(2,3)10-15/h4-7H,8-10H2,1-3H3,(H,16,17). The van der Waals surface area contributed by atoms with Gasteiger partial charge < -0.3 is 5.32 Å². The topological polar surface area (TPSA) is 29.1 Å². The van der Waals surface area contributed by atoms with Gasteiger partial charge in [-0.25, -0.2) is 0 Å². The molecule has 17 heavy (non-hydrogen) atoms. The Morgan fingerprint density at radius 2 is 2.00 bits per heavy atom. The molecule has 0 saturated heterocycles. The Morgan fingerprint density at radius 3 is 2.59 bits per heavy atom. The van der Waals surface area contributed by atoms with Crippen LogP contribution in [0, 0.1) is 6.92 Å². The van der Waals surface area contributed by atoms with E-state index in [1.807, 2.05) is 26.0 Å². The van der Waals surface area contributed by atoms with Gasteiger partial charge in [0.2, 0.25) is 5.91 Å². The Balaban J connectivity index is 2.47. The maximum atomic E-state index is 11.7. The van der Waals surface area contributed by atoms with E-state index in [4.69, 9.17) is 11.6 Å². The molecule has 0 saturated carbocycles. The van der Waals surface area contributed by atoms with Crippen molar-refractivity contribution in [3.63, 3.8) is 0 Å². The fourth-order valence-electron chi connectivity index (χ4n) is 1.61. The molecule has 0 radical (unpaired) electrons. The summed E-state index contributed by atoms with van der Waals surface area (Å²) in [7, 11) is 0. The van der Waals surface area contributed by atoms with Gasteiger partial charge in [0.05, 0.1) is 0 Å². The van der Waals surface area contributed by atoms with Crippen LogP contribution < -0.4 is 5.32 Å². The van der Waals surface area contributed by atoms with Crippen LogP contribution in [0.25, 0.3) is 0 Å². The normalized spacial score (nSPS) is 11.3. The van der Waals surface area contributed by atoms with E-state index in [1.165, 1.54) is 11.1 Å². The lowest BCUT2D eigenvalue weighted by Gasteiger charge is -2.23. The van der Waals surface area contributed by atoms with Crippen LogP contribution in [0.4, 0.5) is 0 Å². The molecule has 1 aromatic carbocycles. The quantitative estimate of drug-likeness (QED) is 0.803. The van der Waals surface area contributed by atoms with E-state index in [9.17, 15) is 4.79 Å². The van der Waals surface area contributed by atoms with Gasteiger partial charge in [-0.05, 0) is 38.3 Å². The van der Waals surface area contributed by atoms with Crippen LogP contribution in [0.5, 0.6) is 0 Å². The van der Waals surface area contributed by atoms with Crippen molar-refractivity contribution >= 4 is 17.5 Å². The minimum absolute atomic E-state index is 0.0545. The minimum Gasteiger partial charge on any atom is -0.350 e. The number of amides is 1. The Bertz CT molecular complexity index is 388. The van der Waals surface area contributed by atoms with Gasteiger partial charge in [-0.1, -0.05) is 24.3 Å². The van der Waals surface area contributed by atoms with Crippen LogP contribution in [-0.2, 0) is 11.2 Å². The van der Waals surface area contributed by atoms with E-state index in [0.717, 1.165) is 6.42 Å². The van der Waals surface area contributed by atoms with Crippen LogP contribution in [0.15, 0.2) is 24.3 Å². The molecule has 1 amide bonds. The maximum absolute atomic E-state index is 11.7. The number of hydrogen-bond acceptors (Lipinski definition) is 1. The van der Waals surface area contributed by atoms with Crippen molar-refractivity contribution in [1.82, 2.24) is 5.32 Å². The molecular formula is C14H20ClNO. The first-order chi connectivity index (χ1) is 7.94. The van der Waals surface area contributed by atoms with Gasteiger partial charge in [0, 0.05) is 17.8 Å². The van der Waals surface area contributed by atoms with Gasteiger partial charge in [-0.15, -0.1) is 11.6 Å². The Labute approximate surface area is 108 Å². The van der Waals surface area contributed by atoms with Gasteiger partial charge in [-0.2, -0.15) is 0 Å². The lowest BCUT2D eigenvalue weighted by Crippen LogP contribution is -2.44. The number of hydrogen-bond donors (Lipinski definition) is 1. The highest BCUT2D eigenvalue weighted by molar-refractivity contribution is 6.18. The van der Waals surface area contributed by atoms with Crippen LogP contribution in [0.3, 0.4) is 0 Å². The molecule has 0 bridgehead atoms. The molecule has 3 heteroatoms. The molecule has 0 unspecified atom stereocenters. The van der Waals surface area contributed by atoms with E-state index in [-0.39, 0.29) is 11.4 Å². The lowest BCUT2D eigenvalue weighted by atomic mass is 10.0. The zero-order valence-electron chi connectivity index (χ0n) is 10.7. The number of aryl methyl sites for hydroxylation is 2. The van der Waals surface area contributed by atoms with Gasteiger partial charge in [0.15, 0.2) is 0 Å². The predicted octanol–water partition coefficient (Wildman–Crippen LogP) is 3.06. The zero-order chi connectivity index (χ0) is 12.9. The molecule has 1 N–H and O–H groups in total. The second-order valence-corrected chi connectivity index (χ2v) is 5.26. The fraction of sp³-hybridized carbons (Fsp3) is 0.500. The summed E-state index contributed by atoms with van der Waals surface area (Å²) in [6, 6.07) is 8.14. The highest BCUT2D eigenvalue weighted by atomic mass is 35.5. The summed E-state index contributed by atoms with van der Waals surface area (Å²) in [6.07, 6.45) is 1.28. The molecule has 0 heterocycles. The number of nitrogens with one attached hydrogen (secondary N) is 1.